The molecule has 0 radical (unpaired) electrons. The summed E-state index contributed by atoms with van der Waals surface area (Å²) in [5, 5.41) is 6.11. The van der Waals surface area contributed by atoms with E-state index in [9.17, 15) is 4.79 Å². The van der Waals surface area contributed by atoms with E-state index in [1.165, 1.54) is 22.7 Å². The number of aromatic nitrogens is 2. The first-order valence-corrected chi connectivity index (χ1v) is 10.6. The van der Waals surface area contributed by atoms with E-state index in [1.807, 2.05) is 55.6 Å². The number of amides is 1. The highest BCUT2D eigenvalue weighted by Crippen LogP contribution is 2.31. The third kappa shape index (κ3) is 4.38. The number of benzene rings is 1. The van der Waals surface area contributed by atoms with E-state index in [-0.39, 0.29) is 12.3 Å². The van der Waals surface area contributed by atoms with Crippen molar-refractivity contribution in [3.05, 3.63) is 58.1 Å². The zero-order chi connectivity index (χ0) is 20.4. The van der Waals surface area contributed by atoms with Gasteiger partial charge in [0.05, 0.1) is 24.9 Å². The largest absolute Gasteiger partial charge is 0.497 e. The van der Waals surface area contributed by atoms with Gasteiger partial charge in [-0.3, -0.25) is 4.79 Å². The molecule has 0 aliphatic rings. The van der Waals surface area contributed by atoms with Crippen LogP contribution in [0.3, 0.4) is 0 Å². The van der Waals surface area contributed by atoms with Crippen LogP contribution in [0.4, 0.5) is 5.13 Å². The first kappa shape index (κ1) is 19.4. The molecule has 4 aromatic rings. The molecule has 29 heavy (non-hydrogen) atoms. The summed E-state index contributed by atoms with van der Waals surface area (Å²) >= 11 is 2.92. The summed E-state index contributed by atoms with van der Waals surface area (Å²) < 4.78 is 10.8. The van der Waals surface area contributed by atoms with E-state index in [1.54, 1.807) is 7.11 Å². The van der Waals surface area contributed by atoms with Crippen molar-refractivity contribution in [2.45, 2.75) is 20.3 Å². The van der Waals surface area contributed by atoms with Gasteiger partial charge in [0.2, 0.25) is 5.91 Å². The molecular formula is C21H19N3O3S2. The molecule has 1 aromatic carbocycles. The van der Waals surface area contributed by atoms with Crippen molar-refractivity contribution in [1.29, 1.82) is 0 Å². The number of hydrogen-bond acceptors (Lipinski definition) is 7. The lowest BCUT2D eigenvalue weighted by Crippen LogP contribution is -2.14. The fourth-order valence-corrected chi connectivity index (χ4v) is 4.48. The maximum atomic E-state index is 12.5. The Morgan fingerprint density at radius 3 is 2.62 bits per heavy atom. The Kier molecular flexibility index (Phi) is 5.46. The minimum atomic E-state index is -0.146. The number of ether oxygens (including phenoxy) is 1. The molecule has 0 saturated heterocycles. The average molecular weight is 426 g/mol. The second-order valence-electron chi connectivity index (χ2n) is 6.43. The molecule has 0 saturated carbocycles. The Morgan fingerprint density at radius 1 is 1.14 bits per heavy atom. The Hall–Kier alpha value is -2.97. The minimum Gasteiger partial charge on any atom is -0.497 e. The lowest BCUT2D eigenvalue weighted by Gasteiger charge is -2.02. The lowest BCUT2D eigenvalue weighted by molar-refractivity contribution is -0.115. The second-order valence-corrected chi connectivity index (χ2v) is 8.49. The molecule has 0 spiro atoms. The molecule has 0 atom stereocenters. The van der Waals surface area contributed by atoms with Crippen molar-refractivity contribution in [3.8, 4) is 27.8 Å². The smallest absolute Gasteiger partial charge is 0.232 e. The van der Waals surface area contributed by atoms with E-state index >= 15 is 0 Å². The number of furan rings is 1. The number of thiazole rings is 2. The Labute approximate surface area is 176 Å². The van der Waals surface area contributed by atoms with Crippen LogP contribution in [0.15, 0.2) is 46.2 Å². The van der Waals surface area contributed by atoms with Crippen molar-refractivity contribution in [1.82, 2.24) is 9.97 Å². The van der Waals surface area contributed by atoms with Crippen LogP contribution in [0.1, 0.15) is 16.3 Å². The number of nitrogens with zero attached hydrogens (tertiary/aromatic N) is 2. The summed E-state index contributed by atoms with van der Waals surface area (Å²) in [5.41, 5.74) is 2.55. The van der Waals surface area contributed by atoms with E-state index < -0.39 is 0 Å². The number of anilines is 1. The maximum absolute atomic E-state index is 12.5. The predicted octanol–water partition coefficient (Wildman–Crippen LogP) is 5.33. The van der Waals surface area contributed by atoms with Crippen molar-refractivity contribution in [2.75, 3.05) is 12.4 Å². The highest BCUT2D eigenvalue weighted by molar-refractivity contribution is 7.16. The number of hydrogen-bond donors (Lipinski definition) is 1. The average Bonchev–Trinajstić information content (AvgIpc) is 3.42. The molecule has 3 aromatic heterocycles. The third-order valence-corrected chi connectivity index (χ3v) is 6.04. The number of carbonyl (C=O) groups excluding carboxylic acids is 1. The zero-order valence-electron chi connectivity index (χ0n) is 16.2. The molecule has 0 fully saturated rings. The van der Waals surface area contributed by atoms with Crippen molar-refractivity contribution in [2.24, 2.45) is 0 Å². The lowest BCUT2D eigenvalue weighted by atomic mass is 10.1. The van der Waals surface area contributed by atoms with Gasteiger partial charge in [-0.2, -0.15) is 0 Å². The molecule has 3 heterocycles. The topological polar surface area (TPSA) is 77.2 Å². The summed E-state index contributed by atoms with van der Waals surface area (Å²) in [6.07, 6.45) is 0.187. The van der Waals surface area contributed by atoms with E-state index in [4.69, 9.17) is 9.15 Å². The standard InChI is InChI=1S/C21H19N3O3S2/c1-12-4-9-17(27-12)20-22-15(11-28-20)10-18(25)23-21-24-19(13(2)29-21)14-5-7-16(26-3)8-6-14/h4-9,11H,10H2,1-3H3,(H,23,24,25). The fourth-order valence-electron chi connectivity index (χ4n) is 2.85. The normalized spacial score (nSPS) is 10.9. The minimum absolute atomic E-state index is 0.146. The summed E-state index contributed by atoms with van der Waals surface area (Å²) in [4.78, 5) is 22.6. The summed E-state index contributed by atoms with van der Waals surface area (Å²) in [6, 6.07) is 11.5. The Balaban J connectivity index is 1.43. The van der Waals surface area contributed by atoms with Crippen LogP contribution >= 0.6 is 22.7 Å². The van der Waals surface area contributed by atoms with Crippen molar-refractivity contribution < 1.29 is 13.9 Å². The molecule has 6 nitrogen and oxygen atoms in total. The van der Waals surface area contributed by atoms with E-state index in [2.05, 4.69) is 15.3 Å². The molecule has 4 rings (SSSR count). The first-order valence-electron chi connectivity index (χ1n) is 8.95. The van der Waals surface area contributed by atoms with Crippen LogP contribution < -0.4 is 10.1 Å². The molecule has 0 bridgehead atoms. The highest BCUT2D eigenvalue weighted by atomic mass is 32.1. The van der Waals surface area contributed by atoms with Crippen LogP contribution in [0.25, 0.3) is 22.0 Å². The number of aryl methyl sites for hydroxylation is 2. The van der Waals surface area contributed by atoms with Gasteiger partial charge in [-0.1, -0.05) is 0 Å². The zero-order valence-corrected chi connectivity index (χ0v) is 17.8. The molecule has 0 unspecified atom stereocenters. The SMILES string of the molecule is COc1ccc(-c2nc(NC(=O)Cc3csc(-c4ccc(C)o4)n3)sc2C)cc1. The third-order valence-electron chi connectivity index (χ3n) is 4.25. The summed E-state index contributed by atoms with van der Waals surface area (Å²) in [5.74, 6) is 2.20. The van der Waals surface area contributed by atoms with Gasteiger partial charge >= 0.3 is 0 Å². The summed E-state index contributed by atoms with van der Waals surface area (Å²) in [6.45, 7) is 3.88. The number of nitrogens with one attached hydrogen (secondary N) is 1. The molecule has 8 heteroatoms. The fraction of sp³-hybridized carbons (Fsp3) is 0.190. The highest BCUT2D eigenvalue weighted by Gasteiger charge is 2.15. The monoisotopic (exact) mass is 425 g/mol. The molecular weight excluding hydrogens is 406 g/mol. The van der Waals surface area contributed by atoms with Crippen LogP contribution in [0.5, 0.6) is 5.75 Å². The van der Waals surface area contributed by atoms with Gasteiger partial charge in [0.15, 0.2) is 15.9 Å². The van der Waals surface area contributed by atoms with Gasteiger partial charge in [-0.25, -0.2) is 9.97 Å². The van der Waals surface area contributed by atoms with Crippen LogP contribution in [-0.2, 0) is 11.2 Å². The van der Waals surface area contributed by atoms with Gasteiger partial charge in [0.25, 0.3) is 0 Å². The predicted molar refractivity (Wildman–Crippen MR) is 116 cm³/mol. The first-order chi connectivity index (χ1) is 14.0. The van der Waals surface area contributed by atoms with E-state index in [0.717, 1.165) is 38.4 Å². The van der Waals surface area contributed by atoms with Gasteiger partial charge < -0.3 is 14.5 Å². The van der Waals surface area contributed by atoms with Gasteiger partial charge in [0.1, 0.15) is 11.5 Å². The molecule has 0 aliphatic carbocycles. The molecule has 1 N–H and O–H groups in total. The van der Waals surface area contributed by atoms with Crippen molar-refractivity contribution >= 4 is 33.7 Å². The number of carbonyl (C=O) groups is 1. The van der Waals surface area contributed by atoms with Crippen molar-refractivity contribution in [3.63, 3.8) is 0 Å². The summed E-state index contributed by atoms with van der Waals surface area (Å²) in [7, 11) is 1.64. The quantitative estimate of drug-likeness (QED) is 0.452. The van der Waals surface area contributed by atoms with Gasteiger partial charge in [0, 0.05) is 15.8 Å². The van der Waals surface area contributed by atoms with Crippen LogP contribution in [0, 0.1) is 13.8 Å². The second kappa shape index (κ2) is 8.18. The maximum Gasteiger partial charge on any atom is 0.232 e. The Bertz CT molecular complexity index is 1140. The van der Waals surface area contributed by atoms with Gasteiger partial charge in [-0.05, 0) is 50.2 Å². The van der Waals surface area contributed by atoms with E-state index in [0.29, 0.717) is 10.8 Å². The Morgan fingerprint density at radius 2 is 1.93 bits per heavy atom. The molecule has 148 valence electrons. The number of methoxy groups -OCH3 is 1. The molecule has 1 amide bonds. The molecule has 0 aliphatic heterocycles. The van der Waals surface area contributed by atoms with Crippen LogP contribution in [0.2, 0.25) is 0 Å². The number of rotatable bonds is 6. The van der Waals surface area contributed by atoms with Crippen LogP contribution in [-0.4, -0.2) is 23.0 Å². The van der Waals surface area contributed by atoms with Gasteiger partial charge in [-0.15, -0.1) is 22.7 Å².